The smallest absolute Gasteiger partial charge is 0.407 e. The van der Waals surface area contributed by atoms with E-state index in [0.29, 0.717) is 76.3 Å². The van der Waals surface area contributed by atoms with Crippen LogP contribution in [-0.2, 0) is 61.8 Å². The number of carbonyl (C=O) groups is 6. The summed E-state index contributed by atoms with van der Waals surface area (Å²) in [7, 11) is 1.17. The molecule has 2 aliphatic carbocycles. The molecule has 0 radical (unpaired) electrons. The summed E-state index contributed by atoms with van der Waals surface area (Å²) in [5.41, 5.74) is 0.407. The first-order valence-electron chi connectivity index (χ1n) is 22.7. The molecule has 0 bridgehead atoms. The Morgan fingerprint density at radius 1 is 0.754 bits per heavy atom. The molecule has 1 aliphatic heterocycles. The SMILES string of the molecule is COC(=O)[C@H]1O[C@@H](Oc2cn(C(C)=O)c3cc(Br)c(OCCOCCOCCOC(=O)NCCOCCOCCNC(=O)OCC4[C@H]5CCC#CCC[C@@H]45)c(Br)c23)[C@H](OC(C)=O)[C@@H](OC(C)=O)[C@@H]1C. The van der Waals surface area contributed by atoms with Gasteiger partial charge < -0.3 is 67.5 Å². The third-order valence-corrected chi connectivity index (χ3v) is 12.7. The summed E-state index contributed by atoms with van der Waals surface area (Å²) < 4.78 is 69.1. The largest absolute Gasteiger partial charge is 0.489 e. The van der Waals surface area contributed by atoms with Gasteiger partial charge in [-0.15, -0.1) is 11.8 Å². The number of ether oxygens (including phenoxy) is 12. The Bertz CT molecular complexity index is 2130. The Morgan fingerprint density at radius 2 is 1.30 bits per heavy atom. The zero-order valence-corrected chi connectivity index (χ0v) is 42.5. The van der Waals surface area contributed by atoms with Crippen molar-refractivity contribution in [3.63, 3.8) is 0 Å². The first-order chi connectivity index (χ1) is 33.2. The highest BCUT2D eigenvalue weighted by molar-refractivity contribution is 9.11. The van der Waals surface area contributed by atoms with Crippen molar-refractivity contribution in [2.24, 2.45) is 23.7 Å². The lowest BCUT2D eigenvalue weighted by atomic mass is 9.90. The first kappa shape index (κ1) is 55.2. The minimum atomic E-state index is -1.50. The van der Waals surface area contributed by atoms with E-state index in [4.69, 9.17) is 56.8 Å². The molecule has 2 heterocycles. The van der Waals surface area contributed by atoms with E-state index in [9.17, 15) is 28.8 Å². The van der Waals surface area contributed by atoms with Crippen LogP contribution in [0.15, 0.2) is 21.2 Å². The number of aromatic nitrogens is 1. The van der Waals surface area contributed by atoms with Gasteiger partial charge in [-0.1, -0.05) is 6.92 Å². The third kappa shape index (κ3) is 16.7. The minimum Gasteiger partial charge on any atom is -0.489 e. The van der Waals surface area contributed by atoms with Crippen molar-refractivity contribution in [1.82, 2.24) is 15.2 Å². The van der Waals surface area contributed by atoms with Crippen molar-refractivity contribution in [2.45, 2.75) is 78.0 Å². The average molecular weight is 1100 g/mol. The van der Waals surface area contributed by atoms with Gasteiger partial charge in [-0.25, -0.2) is 14.4 Å². The maximum atomic E-state index is 12.8. The van der Waals surface area contributed by atoms with Crippen LogP contribution >= 0.6 is 31.9 Å². The summed E-state index contributed by atoms with van der Waals surface area (Å²) in [6.07, 6.45) is -0.874. The molecule has 382 valence electrons. The second-order valence-corrected chi connectivity index (χ2v) is 17.8. The number of esters is 3. The van der Waals surface area contributed by atoms with Gasteiger partial charge in [-0.3, -0.25) is 19.0 Å². The zero-order chi connectivity index (χ0) is 49.9. The monoisotopic (exact) mass is 1100 g/mol. The number of methoxy groups -OCH3 is 1. The fourth-order valence-corrected chi connectivity index (χ4v) is 9.57. The summed E-state index contributed by atoms with van der Waals surface area (Å²) in [5, 5.41) is 5.66. The molecule has 1 saturated heterocycles. The van der Waals surface area contributed by atoms with Crippen molar-refractivity contribution < 1.29 is 85.6 Å². The Morgan fingerprint density at radius 3 is 1.88 bits per heavy atom. The molecule has 2 N–H and O–H groups in total. The number of alkyl carbamates (subject to hydrolysis) is 2. The van der Waals surface area contributed by atoms with Gasteiger partial charge in [0.25, 0.3) is 0 Å². The molecule has 0 spiro atoms. The number of fused-ring (bicyclic) bond motifs is 2. The number of rotatable bonds is 26. The maximum absolute atomic E-state index is 12.8. The van der Waals surface area contributed by atoms with Crippen molar-refractivity contribution in [1.29, 1.82) is 0 Å². The van der Waals surface area contributed by atoms with Gasteiger partial charge in [0.15, 0.2) is 12.2 Å². The van der Waals surface area contributed by atoms with E-state index in [1.54, 1.807) is 13.0 Å². The lowest BCUT2D eigenvalue weighted by Gasteiger charge is -2.42. The molecule has 1 aromatic heterocycles. The van der Waals surface area contributed by atoms with E-state index in [0.717, 1.165) is 32.6 Å². The van der Waals surface area contributed by atoms with Crippen molar-refractivity contribution >= 4 is 78.8 Å². The van der Waals surface area contributed by atoms with Crippen LogP contribution in [0.4, 0.5) is 9.59 Å². The first-order valence-corrected chi connectivity index (χ1v) is 24.3. The van der Waals surface area contributed by atoms with Crippen LogP contribution in [0.2, 0.25) is 0 Å². The molecule has 69 heavy (non-hydrogen) atoms. The molecule has 2 fully saturated rings. The van der Waals surface area contributed by atoms with Crippen LogP contribution in [0.3, 0.4) is 0 Å². The van der Waals surface area contributed by atoms with Crippen LogP contribution in [0.25, 0.3) is 10.9 Å². The van der Waals surface area contributed by atoms with E-state index in [2.05, 4.69) is 54.3 Å². The molecule has 1 unspecified atom stereocenters. The van der Waals surface area contributed by atoms with Crippen molar-refractivity contribution in [3.8, 4) is 23.3 Å². The molecule has 2 aromatic rings. The van der Waals surface area contributed by atoms with Gasteiger partial charge in [0.2, 0.25) is 18.3 Å². The minimum absolute atomic E-state index is 0.0267. The highest BCUT2D eigenvalue weighted by atomic mass is 79.9. The summed E-state index contributed by atoms with van der Waals surface area (Å²) in [6, 6.07) is 1.65. The van der Waals surface area contributed by atoms with Gasteiger partial charge >= 0.3 is 30.1 Å². The molecule has 5 rings (SSSR count). The molecule has 21 nitrogen and oxygen atoms in total. The number of hydrogen-bond donors (Lipinski definition) is 2. The predicted molar refractivity (Wildman–Crippen MR) is 249 cm³/mol. The van der Waals surface area contributed by atoms with Gasteiger partial charge in [0.05, 0.1) is 92.6 Å². The predicted octanol–water partition coefficient (Wildman–Crippen LogP) is 4.94. The van der Waals surface area contributed by atoms with E-state index >= 15 is 0 Å². The molecular formula is C46H61Br2N3O18. The second kappa shape index (κ2) is 28.2. The van der Waals surface area contributed by atoms with Gasteiger partial charge in [-0.05, 0) is 68.5 Å². The molecule has 3 aliphatic rings. The number of halogens is 2. The lowest BCUT2D eigenvalue weighted by Crippen LogP contribution is -2.60. The van der Waals surface area contributed by atoms with Gasteiger partial charge in [-0.2, -0.15) is 0 Å². The standard InChI is InChI=1S/C46H61Br2N3O18/c1-27-39(66-29(3)53)42(67-30(4)54)44(69-40(27)43(55)58-5)68-36-25-51(28(2)52)35-24-34(47)41(38(48)37(35)36)63-22-20-61-18-19-62-21-23-64-45(56)49-12-14-59-16-17-60-15-13-50-46(57)65-26-33-31-10-8-6-7-9-11-32(31)33/h24-25,27,31-33,39-40,42,44H,8-23,26H2,1-5H3,(H,49,56)(H,50,57)/t27-,31-,32+,33?,39-,40-,42+,44+/m0/s1. The summed E-state index contributed by atoms with van der Waals surface area (Å²) in [4.78, 5) is 73.9. The number of hydrogen-bond acceptors (Lipinski definition) is 18. The van der Waals surface area contributed by atoms with E-state index in [-0.39, 0.29) is 64.4 Å². The molecule has 23 heteroatoms. The maximum Gasteiger partial charge on any atom is 0.407 e. The van der Waals surface area contributed by atoms with Crippen molar-refractivity contribution in [3.05, 3.63) is 21.2 Å². The molecule has 2 amide bonds. The Balaban J connectivity index is 0.940. The van der Waals surface area contributed by atoms with Crippen LogP contribution in [-0.4, -0.2) is 158 Å². The number of carbonyl (C=O) groups excluding carboxylic acids is 6. The van der Waals surface area contributed by atoms with Crippen LogP contribution < -0.4 is 20.1 Å². The van der Waals surface area contributed by atoms with Gasteiger partial charge in [0.1, 0.15) is 24.7 Å². The van der Waals surface area contributed by atoms with E-state index in [1.807, 2.05) is 0 Å². The molecular weight excluding hydrogens is 1040 g/mol. The van der Waals surface area contributed by atoms with Crippen LogP contribution in [0, 0.1) is 35.5 Å². The third-order valence-electron chi connectivity index (χ3n) is 11.4. The molecule has 1 saturated carbocycles. The number of benzene rings is 1. The summed E-state index contributed by atoms with van der Waals surface area (Å²) >= 11 is 7.11. The Kier molecular flexibility index (Phi) is 22.6. The van der Waals surface area contributed by atoms with Crippen LogP contribution in [0.1, 0.15) is 58.2 Å². The van der Waals surface area contributed by atoms with Gasteiger partial charge in [0, 0.05) is 52.6 Å². The Labute approximate surface area is 417 Å². The lowest BCUT2D eigenvalue weighted by molar-refractivity contribution is -0.266. The fraction of sp³-hybridized carbons (Fsp3) is 0.652. The molecule has 1 aromatic carbocycles. The van der Waals surface area contributed by atoms with E-state index < -0.39 is 60.6 Å². The van der Waals surface area contributed by atoms with Crippen molar-refractivity contribution in [2.75, 3.05) is 92.9 Å². The average Bonchev–Trinajstić information content (AvgIpc) is 3.80. The van der Waals surface area contributed by atoms with Crippen LogP contribution in [0.5, 0.6) is 11.5 Å². The topological polar surface area (TPSA) is 242 Å². The number of nitrogens with zero attached hydrogens (tertiary/aromatic N) is 1. The number of amides is 2. The number of nitrogens with one attached hydrogen (secondary N) is 2. The molecule has 8 atom stereocenters. The normalized spacial score (nSPS) is 22.6. The highest BCUT2D eigenvalue weighted by Crippen LogP contribution is 2.52. The zero-order valence-electron chi connectivity index (χ0n) is 39.3. The summed E-state index contributed by atoms with van der Waals surface area (Å²) in [5.74, 6) is 5.13. The quantitative estimate of drug-likeness (QED) is 0.0549. The fourth-order valence-electron chi connectivity index (χ4n) is 8.05. The summed E-state index contributed by atoms with van der Waals surface area (Å²) in [6.45, 7) is 8.41. The highest BCUT2D eigenvalue weighted by Gasteiger charge is 2.52. The van der Waals surface area contributed by atoms with E-state index in [1.165, 1.54) is 31.7 Å². The second-order valence-electron chi connectivity index (χ2n) is 16.2. The Hall–Kier alpha value is -4.70.